The van der Waals surface area contributed by atoms with E-state index >= 15 is 0 Å². The number of ether oxygens (including phenoxy) is 1. The van der Waals surface area contributed by atoms with Crippen LogP contribution >= 0.6 is 23.2 Å². The van der Waals surface area contributed by atoms with Crippen molar-refractivity contribution in [3.05, 3.63) is 24.0 Å². The summed E-state index contributed by atoms with van der Waals surface area (Å²) in [6.07, 6.45) is 0.526. The number of esters is 1. The van der Waals surface area contributed by atoms with Crippen molar-refractivity contribution in [2.24, 2.45) is 7.05 Å². The number of carbonyl (C=O) groups excluding carboxylic acids is 1. The van der Waals surface area contributed by atoms with Gasteiger partial charge in [0, 0.05) is 50.4 Å². The summed E-state index contributed by atoms with van der Waals surface area (Å²) in [7, 11) is 1.95. The number of anilines is 1. The fraction of sp³-hybridized carbons (Fsp3) is 0.579. The van der Waals surface area contributed by atoms with Gasteiger partial charge in [0.2, 0.25) is 0 Å². The molecule has 0 amide bonds. The zero-order valence-electron chi connectivity index (χ0n) is 16.0. The van der Waals surface area contributed by atoms with Crippen LogP contribution < -0.4 is 4.90 Å². The Hall–Kier alpha value is -1.54. The van der Waals surface area contributed by atoms with Gasteiger partial charge < -0.3 is 24.4 Å². The molecule has 9 heteroatoms. The van der Waals surface area contributed by atoms with Crippen molar-refractivity contribution in [2.45, 2.75) is 25.4 Å². The molecule has 0 aliphatic rings. The van der Waals surface area contributed by atoms with Gasteiger partial charge in [0.1, 0.15) is 11.9 Å². The summed E-state index contributed by atoms with van der Waals surface area (Å²) >= 11 is 11.8. The van der Waals surface area contributed by atoms with Gasteiger partial charge >= 0.3 is 5.97 Å². The Kier molecular flexibility index (Phi) is 9.31. The number of rotatable bonds is 12. The molecular formula is C19H27Cl2N3O4. The fourth-order valence-corrected chi connectivity index (χ4v) is 3.41. The predicted molar refractivity (Wildman–Crippen MR) is 111 cm³/mol. The Morgan fingerprint density at radius 2 is 1.93 bits per heavy atom. The molecule has 156 valence electrons. The molecule has 2 rings (SSSR count). The minimum absolute atomic E-state index is 0.199. The van der Waals surface area contributed by atoms with Crippen LogP contribution in [0.3, 0.4) is 0 Å². The van der Waals surface area contributed by atoms with Crippen LogP contribution in [0.5, 0.6) is 0 Å². The summed E-state index contributed by atoms with van der Waals surface area (Å²) < 4.78 is 6.99. The lowest BCUT2D eigenvalue weighted by Gasteiger charge is -2.22. The molecule has 28 heavy (non-hydrogen) atoms. The number of alkyl halides is 2. The first-order valence-corrected chi connectivity index (χ1v) is 10.3. The van der Waals surface area contributed by atoms with Gasteiger partial charge in [-0.15, -0.1) is 23.2 Å². The zero-order valence-corrected chi connectivity index (χ0v) is 17.5. The smallest absolute Gasteiger partial charge is 0.306 e. The number of aliphatic hydroxyl groups excluding tert-OH is 2. The van der Waals surface area contributed by atoms with Crippen molar-refractivity contribution < 1.29 is 19.7 Å². The van der Waals surface area contributed by atoms with E-state index in [1.807, 2.05) is 29.8 Å². The maximum atomic E-state index is 11.8. The molecule has 1 heterocycles. The van der Waals surface area contributed by atoms with E-state index in [9.17, 15) is 4.79 Å². The van der Waals surface area contributed by atoms with E-state index < -0.39 is 12.1 Å². The third-order valence-corrected chi connectivity index (χ3v) is 4.86. The third-order valence-electron chi connectivity index (χ3n) is 4.52. The predicted octanol–water partition coefficient (Wildman–Crippen LogP) is 2.08. The quantitative estimate of drug-likeness (QED) is 0.395. The van der Waals surface area contributed by atoms with Gasteiger partial charge in [-0.25, -0.2) is 4.98 Å². The van der Waals surface area contributed by atoms with E-state index in [-0.39, 0.29) is 19.6 Å². The van der Waals surface area contributed by atoms with Gasteiger partial charge in [0.15, 0.2) is 0 Å². The Morgan fingerprint density at radius 3 is 2.54 bits per heavy atom. The van der Waals surface area contributed by atoms with E-state index in [1.54, 1.807) is 0 Å². The van der Waals surface area contributed by atoms with Crippen molar-refractivity contribution in [2.75, 3.05) is 43.0 Å². The van der Waals surface area contributed by atoms with E-state index in [0.29, 0.717) is 37.7 Å². The normalized spacial score (nSPS) is 11.4. The molecule has 1 aromatic heterocycles. The molecule has 2 aromatic rings. The summed E-state index contributed by atoms with van der Waals surface area (Å²) in [5.41, 5.74) is 2.92. The number of aryl methyl sites for hydroxylation is 2. The number of fused-ring (bicyclic) bond motifs is 1. The van der Waals surface area contributed by atoms with Crippen LogP contribution in [0.15, 0.2) is 18.2 Å². The Morgan fingerprint density at radius 1 is 1.25 bits per heavy atom. The minimum atomic E-state index is -0.856. The molecule has 7 nitrogen and oxygen atoms in total. The van der Waals surface area contributed by atoms with Crippen LogP contribution in [0, 0.1) is 0 Å². The molecule has 0 atom stereocenters. The topological polar surface area (TPSA) is 87.8 Å². The number of hydrogen-bond acceptors (Lipinski definition) is 6. The van der Waals surface area contributed by atoms with Crippen molar-refractivity contribution in [3.8, 4) is 0 Å². The highest BCUT2D eigenvalue weighted by atomic mass is 35.5. The van der Waals surface area contributed by atoms with Crippen molar-refractivity contribution in [1.82, 2.24) is 9.55 Å². The lowest BCUT2D eigenvalue weighted by Crippen LogP contribution is -2.27. The monoisotopic (exact) mass is 431 g/mol. The first-order chi connectivity index (χ1) is 13.5. The highest BCUT2D eigenvalue weighted by Gasteiger charge is 2.14. The number of carbonyl (C=O) groups is 1. The summed E-state index contributed by atoms with van der Waals surface area (Å²) in [6, 6.07) is 6.09. The molecule has 0 saturated heterocycles. The molecular weight excluding hydrogens is 405 g/mol. The number of benzene rings is 1. The Labute approximate surface area is 174 Å². The van der Waals surface area contributed by atoms with E-state index in [0.717, 1.165) is 22.5 Å². The summed E-state index contributed by atoms with van der Waals surface area (Å²) in [4.78, 5) is 18.6. The highest BCUT2D eigenvalue weighted by molar-refractivity contribution is 6.18. The van der Waals surface area contributed by atoms with Gasteiger partial charge in [-0.1, -0.05) is 0 Å². The summed E-state index contributed by atoms with van der Waals surface area (Å²) in [5, 5.41) is 17.9. The number of aliphatic hydroxyl groups is 2. The van der Waals surface area contributed by atoms with Crippen LogP contribution in [0.4, 0.5) is 5.69 Å². The lowest BCUT2D eigenvalue weighted by atomic mass is 10.2. The van der Waals surface area contributed by atoms with Gasteiger partial charge in [0.05, 0.1) is 24.2 Å². The second kappa shape index (κ2) is 11.5. The minimum Gasteiger partial charge on any atom is -0.457 e. The van der Waals surface area contributed by atoms with E-state index in [1.165, 1.54) is 0 Å². The molecule has 1 aromatic carbocycles. The summed E-state index contributed by atoms with van der Waals surface area (Å²) in [6.45, 7) is 0.647. The molecule has 0 radical (unpaired) electrons. The average molecular weight is 432 g/mol. The SMILES string of the molecule is Cn1c(CCCC(=O)OC(CO)CO)nc2cc(N(CCCl)CCCl)ccc21. The van der Waals surface area contributed by atoms with E-state index in [2.05, 4.69) is 4.90 Å². The van der Waals surface area contributed by atoms with Gasteiger partial charge in [-0.3, -0.25) is 4.79 Å². The van der Waals surface area contributed by atoms with Crippen LogP contribution in [-0.4, -0.2) is 69.9 Å². The average Bonchev–Trinajstić information content (AvgIpc) is 3.01. The fourth-order valence-electron chi connectivity index (χ4n) is 3.00. The molecule has 0 saturated carbocycles. The standard InChI is InChI=1S/C19H27Cl2N3O4/c1-23-17-6-5-14(24(9-7-20)10-8-21)11-16(17)22-18(23)3-2-4-19(27)28-15(12-25)13-26/h5-6,11,15,25-26H,2-4,7-10,12-13H2,1H3. The van der Waals surface area contributed by atoms with Crippen LogP contribution in [0.2, 0.25) is 0 Å². The van der Waals surface area contributed by atoms with Crippen LogP contribution in [0.25, 0.3) is 11.0 Å². The number of imidazole rings is 1. The number of aromatic nitrogens is 2. The first-order valence-electron chi connectivity index (χ1n) is 9.27. The molecule has 0 spiro atoms. The van der Waals surface area contributed by atoms with Crippen LogP contribution in [-0.2, 0) is 23.0 Å². The van der Waals surface area contributed by atoms with Crippen molar-refractivity contribution in [3.63, 3.8) is 0 Å². The van der Waals surface area contributed by atoms with Crippen LogP contribution in [0.1, 0.15) is 18.7 Å². The highest BCUT2D eigenvalue weighted by Crippen LogP contribution is 2.23. The number of hydrogen-bond donors (Lipinski definition) is 2. The second-order valence-corrected chi connectivity index (χ2v) is 7.21. The largest absolute Gasteiger partial charge is 0.457 e. The number of nitrogens with zero attached hydrogens (tertiary/aromatic N) is 3. The van der Waals surface area contributed by atoms with Gasteiger partial charge in [0.25, 0.3) is 0 Å². The molecule has 0 aliphatic heterocycles. The lowest BCUT2D eigenvalue weighted by molar-refractivity contribution is -0.153. The Balaban J connectivity index is 2.03. The number of halogens is 2. The molecule has 0 unspecified atom stereocenters. The van der Waals surface area contributed by atoms with Crippen molar-refractivity contribution >= 4 is 45.9 Å². The molecule has 0 aliphatic carbocycles. The first kappa shape index (κ1) is 22.7. The maximum Gasteiger partial charge on any atom is 0.306 e. The summed E-state index contributed by atoms with van der Waals surface area (Å²) in [5.74, 6) is 1.48. The van der Waals surface area contributed by atoms with Gasteiger partial charge in [-0.05, 0) is 24.6 Å². The second-order valence-electron chi connectivity index (χ2n) is 6.46. The molecule has 0 fully saturated rings. The molecule has 0 bridgehead atoms. The Bertz CT molecular complexity index is 759. The van der Waals surface area contributed by atoms with E-state index in [4.69, 9.17) is 43.1 Å². The zero-order chi connectivity index (χ0) is 20.5. The van der Waals surface area contributed by atoms with Crippen molar-refractivity contribution in [1.29, 1.82) is 0 Å². The third kappa shape index (κ3) is 5.98. The van der Waals surface area contributed by atoms with Gasteiger partial charge in [-0.2, -0.15) is 0 Å². The maximum absolute atomic E-state index is 11.8. The molecule has 2 N–H and O–H groups in total.